The van der Waals surface area contributed by atoms with Crippen LogP contribution in [0.25, 0.3) is 11.5 Å². The zero-order chi connectivity index (χ0) is 16.4. The Hall–Kier alpha value is -2.37. The molecule has 0 saturated heterocycles. The number of benzene rings is 2. The highest BCUT2D eigenvalue weighted by molar-refractivity contribution is 6.30. The smallest absolute Gasteiger partial charge is 0.315 e. The molecule has 7 heteroatoms. The number of halogens is 2. The summed E-state index contributed by atoms with van der Waals surface area (Å²) in [6.45, 7) is 0. The van der Waals surface area contributed by atoms with Crippen LogP contribution in [0.1, 0.15) is 10.7 Å². The van der Waals surface area contributed by atoms with Crippen molar-refractivity contribution in [3.05, 3.63) is 64.5 Å². The van der Waals surface area contributed by atoms with Gasteiger partial charge in [-0.25, -0.2) is 0 Å². The van der Waals surface area contributed by atoms with E-state index < -0.39 is 5.91 Å². The summed E-state index contributed by atoms with van der Waals surface area (Å²) in [6, 6.07) is 13.8. The predicted molar refractivity (Wildman–Crippen MR) is 88.9 cm³/mol. The third kappa shape index (κ3) is 3.36. The second-order valence-corrected chi connectivity index (χ2v) is 5.63. The first-order chi connectivity index (χ1) is 11.0. The van der Waals surface area contributed by atoms with Gasteiger partial charge < -0.3 is 9.32 Å². The van der Waals surface area contributed by atoms with E-state index in [0.29, 0.717) is 21.3 Å². The fourth-order valence-electron chi connectivity index (χ4n) is 1.94. The Labute approximate surface area is 142 Å². The number of amides is 1. The molecule has 0 radical (unpaired) electrons. The molecule has 1 aromatic heterocycles. The van der Waals surface area contributed by atoms with Gasteiger partial charge in [-0.2, -0.15) is 0 Å². The molecule has 3 aromatic rings. The van der Waals surface area contributed by atoms with E-state index in [9.17, 15) is 4.79 Å². The topological polar surface area (TPSA) is 59.2 Å². The van der Waals surface area contributed by atoms with Crippen LogP contribution in [0, 0.1) is 0 Å². The minimum absolute atomic E-state index is 0.0904. The molecule has 0 unspecified atom stereocenters. The van der Waals surface area contributed by atoms with E-state index in [4.69, 9.17) is 27.6 Å². The third-order valence-corrected chi connectivity index (χ3v) is 3.72. The highest BCUT2D eigenvalue weighted by atomic mass is 35.5. The van der Waals surface area contributed by atoms with Gasteiger partial charge in [0.1, 0.15) is 0 Å². The number of rotatable bonds is 3. The molecule has 1 heterocycles. The molecular weight excluding hydrogens is 337 g/mol. The van der Waals surface area contributed by atoms with Gasteiger partial charge in [-0.15, -0.1) is 10.2 Å². The Morgan fingerprint density at radius 1 is 0.957 bits per heavy atom. The molecule has 0 aliphatic carbocycles. The maximum atomic E-state index is 12.4. The van der Waals surface area contributed by atoms with Gasteiger partial charge in [0.2, 0.25) is 5.89 Å². The van der Waals surface area contributed by atoms with E-state index in [-0.39, 0.29) is 11.8 Å². The molecule has 0 saturated carbocycles. The van der Waals surface area contributed by atoms with Gasteiger partial charge in [0, 0.05) is 28.3 Å². The normalized spacial score (nSPS) is 10.6. The number of nitrogens with zero attached hydrogens (tertiary/aromatic N) is 3. The van der Waals surface area contributed by atoms with Crippen molar-refractivity contribution < 1.29 is 9.21 Å². The van der Waals surface area contributed by atoms with Gasteiger partial charge in [-0.3, -0.25) is 4.79 Å². The van der Waals surface area contributed by atoms with Crippen LogP contribution in [-0.2, 0) is 0 Å². The molecule has 116 valence electrons. The van der Waals surface area contributed by atoms with Crippen LogP contribution in [0.5, 0.6) is 0 Å². The predicted octanol–water partition coefficient (Wildman–Crippen LogP) is 4.32. The average Bonchev–Trinajstić information content (AvgIpc) is 3.05. The lowest BCUT2D eigenvalue weighted by Gasteiger charge is -2.14. The highest BCUT2D eigenvalue weighted by Gasteiger charge is 2.21. The maximum absolute atomic E-state index is 12.4. The standard InChI is InChI=1S/C16H11Cl2N3O2/c1-21(13-8-6-12(18)7-9-13)16(22)15-20-19-14(23-15)10-2-4-11(17)5-3-10/h2-9H,1H3. The van der Waals surface area contributed by atoms with Gasteiger partial charge in [0.25, 0.3) is 0 Å². The lowest BCUT2D eigenvalue weighted by atomic mass is 10.2. The Morgan fingerprint density at radius 3 is 2.13 bits per heavy atom. The minimum Gasteiger partial charge on any atom is -0.412 e. The van der Waals surface area contributed by atoms with Crippen molar-refractivity contribution in [2.75, 3.05) is 11.9 Å². The number of hydrogen-bond acceptors (Lipinski definition) is 4. The van der Waals surface area contributed by atoms with Crippen LogP contribution in [0.4, 0.5) is 5.69 Å². The van der Waals surface area contributed by atoms with E-state index >= 15 is 0 Å². The number of carbonyl (C=O) groups excluding carboxylic acids is 1. The fraction of sp³-hybridized carbons (Fsp3) is 0.0625. The largest absolute Gasteiger partial charge is 0.412 e. The number of carbonyl (C=O) groups is 1. The van der Waals surface area contributed by atoms with Gasteiger partial charge in [-0.05, 0) is 48.5 Å². The molecule has 0 spiro atoms. The maximum Gasteiger partial charge on any atom is 0.315 e. The number of anilines is 1. The van der Waals surface area contributed by atoms with Gasteiger partial charge >= 0.3 is 11.8 Å². The van der Waals surface area contributed by atoms with E-state index in [1.165, 1.54) is 4.90 Å². The zero-order valence-corrected chi connectivity index (χ0v) is 13.5. The molecule has 0 aliphatic heterocycles. The SMILES string of the molecule is CN(C(=O)c1nnc(-c2ccc(Cl)cc2)o1)c1ccc(Cl)cc1. The second kappa shape index (κ2) is 6.40. The third-order valence-electron chi connectivity index (χ3n) is 3.22. The Kier molecular flexibility index (Phi) is 4.32. The van der Waals surface area contributed by atoms with Gasteiger partial charge in [-0.1, -0.05) is 23.2 Å². The van der Waals surface area contributed by atoms with Gasteiger partial charge in [0.05, 0.1) is 0 Å². The lowest BCUT2D eigenvalue weighted by molar-refractivity contribution is 0.0960. The van der Waals surface area contributed by atoms with E-state index in [1.54, 1.807) is 55.6 Å². The summed E-state index contributed by atoms with van der Waals surface area (Å²) in [5.74, 6) is -0.234. The molecule has 1 amide bonds. The fourth-order valence-corrected chi connectivity index (χ4v) is 2.20. The number of aromatic nitrogens is 2. The molecule has 0 aliphatic rings. The second-order valence-electron chi connectivity index (χ2n) is 4.76. The summed E-state index contributed by atoms with van der Waals surface area (Å²) in [7, 11) is 1.62. The van der Waals surface area contributed by atoms with Crippen molar-refractivity contribution in [2.45, 2.75) is 0 Å². The van der Waals surface area contributed by atoms with Crippen molar-refractivity contribution >= 4 is 34.8 Å². The van der Waals surface area contributed by atoms with E-state index in [0.717, 1.165) is 0 Å². The van der Waals surface area contributed by atoms with Crippen molar-refractivity contribution in [1.29, 1.82) is 0 Å². The first-order valence-electron chi connectivity index (χ1n) is 6.67. The molecule has 2 aromatic carbocycles. The van der Waals surface area contributed by atoms with Gasteiger partial charge in [0.15, 0.2) is 0 Å². The van der Waals surface area contributed by atoms with Crippen LogP contribution >= 0.6 is 23.2 Å². The molecular formula is C16H11Cl2N3O2. The van der Waals surface area contributed by atoms with Crippen molar-refractivity contribution in [3.63, 3.8) is 0 Å². The average molecular weight is 348 g/mol. The van der Waals surface area contributed by atoms with Crippen molar-refractivity contribution in [1.82, 2.24) is 10.2 Å². The molecule has 23 heavy (non-hydrogen) atoms. The van der Waals surface area contributed by atoms with E-state index in [2.05, 4.69) is 10.2 Å². The Balaban J connectivity index is 1.83. The molecule has 5 nitrogen and oxygen atoms in total. The monoisotopic (exact) mass is 347 g/mol. The molecule has 0 atom stereocenters. The van der Waals surface area contributed by atoms with Crippen LogP contribution in [0.3, 0.4) is 0 Å². The summed E-state index contributed by atoms with van der Waals surface area (Å²) in [6.07, 6.45) is 0. The zero-order valence-electron chi connectivity index (χ0n) is 12.0. The van der Waals surface area contributed by atoms with E-state index in [1.807, 2.05) is 0 Å². The lowest BCUT2D eigenvalue weighted by Crippen LogP contribution is -2.26. The summed E-state index contributed by atoms with van der Waals surface area (Å²) >= 11 is 11.7. The highest BCUT2D eigenvalue weighted by Crippen LogP contribution is 2.22. The summed E-state index contributed by atoms with van der Waals surface area (Å²) < 4.78 is 5.46. The molecule has 0 N–H and O–H groups in total. The Bertz CT molecular complexity index is 829. The van der Waals surface area contributed by atoms with Crippen LogP contribution < -0.4 is 4.90 Å². The summed E-state index contributed by atoms with van der Waals surface area (Å²) in [5.41, 5.74) is 1.36. The summed E-state index contributed by atoms with van der Waals surface area (Å²) in [4.78, 5) is 13.8. The minimum atomic E-state index is -0.403. The summed E-state index contributed by atoms with van der Waals surface area (Å²) in [5, 5.41) is 8.91. The molecule has 3 rings (SSSR count). The van der Waals surface area contributed by atoms with Crippen molar-refractivity contribution in [2.24, 2.45) is 0 Å². The molecule has 0 bridgehead atoms. The van der Waals surface area contributed by atoms with Crippen LogP contribution in [0.15, 0.2) is 52.9 Å². The quantitative estimate of drug-likeness (QED) is 0.707. The Morgan fingerprint density at radius 2 is 1.52 bits per heavy atom. The van der Waals surface area contributed by atoms with Crippen molar-refractivity contribution in [3.8, 4) is 11.5 Å². The number of hydrogen-bond donors (Lipinski definition) is 0. The first-order valence-corrected chi connectivity index (χ1v) is 7.43. The first kappa shape index (κ1) is 15.5. The molecule has 0 fully saturated rings. The van der Waals surface area contributed by atoms with Crippen LogP contribution in [0.2, 0.25) is 10.0 Å². The van der Waals surface area contributed by atoms with Crippen LogP contribution in [-0.4, -0.2) is 23.2 Å².